The van der Waals surface area contributed by atoms with Gasteiger partial charge >= 0.3 is 0 Å². The van der Waals surface area contributed by atoms with E-state index in [1.807, 2.05) is 24.3 Å². The molecule has 0 aliphatic heterocycles. The molecule has 4 nitrogen and oxygen atoms in total. The summed E-state index contributed by atoms with van der Waals surface area (Å²) < 4.78 is 5.30. The van der Waals surface area contributed by atoms with E-state index >= 15 is 0 Å². The number of ether oxygens (including phenoxy) is 1. The zero-order valence-electron chi connectivity index (χ0n) is 9.32. The number of hydrazine groups is 1. The van der Waals surface area contributed by atoms with Crippen LogP contribution in [0.2, 0.25) is 0 Å². The molecular weight excluding hydrogens is 204 g/mol. The molecule has 0 unspecified atom stereocenters. The van der Waals surface area contributed by atoms with Gasteiger partial charge in [0, 0.05) is 5.56 Å². The van der Waals surface area contributed by atoms with Gasteiger partial charge in [0.1, 0.15) is 5.75 Å². The van der Waals surface area contributed by atoms with E-state index in [9.17, 15) is 4.79 Å². The highest BCUT2D eigenvalue weighted by molar-refractivity contribution is 5.89. The lowest BCUT2D eigenvalue weighted by Gasteiger charge is -2.40. The van der Waals surface area contributed by atoms with E-state index in [2.05, 4.69) is 5.43 Å². The van der Waals surface area contributed by atoms with Crippen LogP contribution in [0.25, 0.3) is 0 Å². The summed E-state index contributed by atoms with van der Waals surface area (Å²) in [6.45, 7) is 0. The third-order valence-electron chi connectivity index (χ3n) is 3.40. The first-order valence-corrected chi connectivity index (χ1v) is 5.39. The molecule has 0 spiro atoms. The minimum Gasteiger partial charge on any atom is -0.496 e. The molecule has 0 atom stereocenters. The van der Waals surface area contributed by atoms with E-state index in [0.29, 0.717) is 0 Å². The molecule has 1 amide bonds. The molecule has 1 aliphatic rings. The Morgan fingerprint density at radius 1 is 1.44 bits per heavy atom. The number of carbonyl (C=O) groups excluding carboxylic acids is 1. The van der Waals surface area contributed by atoms with Gasteiger partial charge in [-0.3, -0.25) is 10.2 Å². The van der Waals surface area contributed by atoms with Gasteiger partial charge in [-0.1, -0.05) is 24.6 Å². The number of methoxy groups -OCH3 is 1. The van der Waals surface area contributed by atoms with E-state index in [1.165, 1.54) is 0 Å². The summed E-state index contributed by atoms with van der Waals surface area (Å²) in [6.07, 6.45) is 2.71. The highest BCUT2D eigenvalue weighted by Gasteiger charge is 2.46. The summed E-state index contributed by atoms with van der Waals surface area (Å²) in [5.74, 6) is 5.89. The van der Waals surface area contributed by atoms with Crippen LogP contribution < -0.4 is 16.0 Å². The summed E-state index contributed by atoms with van der Waals surface area (Å²) in [4.78, 5) is 11.9. The third kappa shape index (κ3) is 1.46. The Kier molecular flexibility index (Phi) is 2.83. The van der Waals surface area contributed by atoms with Crippen molar-refractivity contribution in [3.8, 4) is 5.75 Å². The van der Waals surface area contributed by atoms with Crippen molar-refractivity contribution in [1.29, 1.82) is 0 Å². The number of hydrogen-bond donors (Lipinski definition) is 2. The van der Waals surface area contributed by atoms with E-state index in [-0.39, 0.29) is 5.91 Å². The number of nitrogens with one attached hydrogen (secondary N) is 1. The molecule has 16 heavy (non-hydrogen) atoms. The third-order valence-corrected chi connectivity index (χ3v) is 3.40. The second-order valence-electron chi connectivity index (χ2n) is 4.11. The van der Waals surface area contributed by atoms with Crippen molar-refractivity contribution in [2.45, 2.75) is 24.7 Å². The lowest BCUT2D eigenvalue weighted by molar-refractivity contribution is -0.130. The molecule has 1 aromatic carbocycles. The van der Waals surface area contributed by atoms with Crippen LogP contribution in [-0.2, 0) is 10.2 Å². The quantitative estimate of drug-likeness (QED) is 0.455. The Bertz CT molecular complexity index is 400. The normalized spacial score (nSPS) is 17.4. The average Bonchev–Trinajstić information content (AvgIpc) is 2.28. The van der Waals surface area contributed by atoms with E-state index in [0.717, 1.165) is 30.6 Å². The standard InChI is InChI=1S/C12H16N2O2/c1-16-10-6-3-2-5-9(10)12(7-4-8-12)11(15)14-13/h2-3,5-6H,4,7-8,13H2,1H3,(H,14,15). The van der Waals surface area contributed by atoms with Gasteiger partial charge in [-0.05, 0) is 18.9 Å². The van der Waals surface area contributed by atoms with Crippen molar-refractivity contribution in [2.24, 2.45) is 5.84 Å². The van der Waals surface area contributed by atoms with Gasteiger partial charge in [0.25, 0.3) is 0 Å². The summed E-state index contributed by atoms with van der Waals surface area (Å²) in [5.41, 5.74) is 2.72. The van der Waals surface area contributed by atoms with Crippen LogP contribution >= 0.6 is 0 Å². The summed E-state index contributed by atoms with van der Waals surface area (Å²) in [6, 6.07) is 7.63. The molecule has 0 saturated heterocycles. The predicted octanol–water partition coefficient (Wildman–Crippen LogP) is 1.11. The maximum Gasteiger partial charge on any atom is 0.244 e. The number of carbonyl (C=O) groups is 1. The second kappa shape index (κ2) is 4.14. The summed E-state index contributed by atoms with van der Waals surface area (Å²) in [5, 5.41) is 0. The van der Waals surface area contributed by atoms with Crippen LogP contribution in [-0.4, -0.2) is 13.0 Å². The molecule has 86 valence electrons. The lowest BCUT2D eigenvalue weighted by Crippen LogP contribution is -2.51. The maximum absolute atomic E-state index is 11.9. The Labute approximate surface area is 94.8 Å². The number of amides is 1. The lowest BCUT2D eigenvalue weighted by atomic mass is 9.63. The van der Waals surface area contributed by atoms with Crippen molar-refractivity contribution in [1.82, 2.24) is 5.43 Å². The van der Waals surface area contributed by atoms with E-state index < -0.39 is 5.41 Å². The fourth-order valence-electron chi connectivity index (χ4n) is 2.33. The number of nitrogens with two attached hydrogens (primary N) is 1. The molecule has 0 heterocycles. The molecule has 0 aromatic heterocycles. The highest BCUT2D eigenvalue weighted by atomic mass is 16.5. The molecule has 1 fully saturated rings. The molecule has 2 rings (SSSR count). The number of para-hydroxylation sites is 1. The largest absolute Gasteiger partial charge is 0.496 e. The fraction of sp³-hybridized carbons (Fsp3) is 0.417. The molecule has 0 radical (unpaired) electrons. The highest BCUT2D eigenvalue weighted by Crippen LogP contribution is 2.47. The molecule has 1 saturated carbocycles. The molecule has 1 aliphatic carbocycles. The van der Waals surface area contributed by atoms with Crippen LogP contribution in [0.15, 0.2) is 24.3 Å². The zero-order chi connectivity index (χ0) is 11.6. The first-order valence-electron chi connectivity index (χ1n) is 5.39. The van der Waals surface area contributed by atoms with E-state index in [4.69, 9.17) is 10.6 Å². The molecule has 1 aromatic rings. The van der Waals surface area contributed by atoms with Gasteiger partial charge in [-0.25, -0.2) is 5.84 Å². The maximum atomic E-state index is 11.9. The Morgan fingerprint density at radius 2 is 2.12 bits per heavy atom. The summed E-state index contributed by atoms with van der Waals surface area (Å²) in [7, 11) is 1.62. The van der Waals surface area contributed by atoms with E-state index in [1.54, 1.807) is 7.11 Å². The Morgan fingerprint density at radius 3 is 2.62 bits per heavy atom. The molecule has 0 bridgehead atoms. The predicted molar refractivity (Wildman–Crippen MR) is 60.9 cm³/mol. The van der Waals surface area contributed by atoms with Crippen molar-refractivity contribution in [2.75, 3.05) is 7.11 Å². The van der Waals surface area contributed by atoms with Gasteiger partial charge < -0.3 is 4.74 Å². The number of hydrogen-bond acceptors (Lipinski definition) is 3. The molecular formula is C12H16N2O2. The first-order chi connectivity index (χ1) is 7.74. The van der Waals surface area contributed by atoms with Crippen molar-refractivity contribution >= 4 is 5.91 Å². The van der Waals surface area contributed by atoms with Crippen LogP contribution in [0.5, 0.6) is 5.75 Å². The summed E-state index contributed by atoms with van der Waals surface area (Å²) >= 11 is 0. The minimum atomic E-state index is -0.485. The Hall–Kier alpha value is -1.55. The van der Waals surface area contributed by atoms with Gasteiger partial charge in [0.2, 0.25) is 5.91 Å². The second-order valence-corrected chi connectivity index (χ2v) is 4.11. The SMILES string of the molecule is COc1ccccc1C1(C(=O)NN)CCC1. The topological polar surface area (TPSA) is 64.3 Å². The van der Waals surface area contributed by atoms with Gasteiger partial charge in [-0.2, -0.15) is 0 Å². The smallest absolute Gasteiger partial charge is 0.244 e. The zero-order valence-corrected chi connectivity index (χ0v) is 9.32. The van der Waals surface area contributed by atoms with Crippen LogP contribution in [0.1, 0.15) is 24.8 Å². The molecule has 3 N–H and O–H groups in total. The minimum absolute atomic E-state index is 0.122. The van der Waals surface area contributed by atoms with Gasteiger partial charge in [0.05, 0.1) is 12.5 Å². The fourth-order valence-corrected chi connectivity index (χ4v) is 2.33. The monoisotopic (exact) mass is 220 g/mol. The van der Waals surface area contributed by atoms with Gasteiger partial charge in [-0.15, -0.1) is 0 Å². The number of rotatable bonds is 3. The first kappa shape index (κ1) is 11.0. The van der Waals surface area contributed by atoms with Crippen molar-refractivity contribution in [3.63, 3.8) is 0 Å². The average molecular weight is 220 g/mol. The van der Waals surface area contributed by atoms with Crippen LogP contribution in [0.4, 0.5) is 0 Å². The molecule has 4 heteroatoms. The Balaban J connectivity index is 2.44. The van der Waals surface area contributed by atoms with Crippen molar-refractivity contribution < 1.29 is 9.53 Å². The van der Waals surface area contributed by atoms with Crippen LogP contribution in [0.3, 0.4) is 0 Å². The van der Waals surface area contributed by atoms with Crippen LogP contribution in [0, 0.1) is 0 Å². The van der Waals surface area contributed by atoms with Crippen molar-refractivity contribution in [3.05, 3.63) is 29.8 Å². The number of benzene rings is 1. The van der Waals surface area contributed by atoms with Gasteiger partial charge in [0.15, 0.2) is 0 Å².